The second-order valence-corrected chi connectivity index (χ2v) is 9.53. The first kappa shape index (κ1) is 16.8. The molecule has 0 saturated carbocycles. The summed E-state index contributed by atoms with van der Waals surface area (Å²) in [6, 6.07) is 0. The molecule has 0 bridgehead atoms. The summed E-state index contributed by atoms with van der Waals surface area (Å²) in [5, 5.41) is 10.1. The van der Waals surface area contributed by atoms with E-state index in [1.54, 1.807) is 11.2 Å². The Bertz CT molecular complexity index is 595. The van der Waals surface area contributed by atoms with Gasteiger partial charge in [0, 0.05) is 30.1 Å². The summed E-state index contributed by atoms with van der Waals surface area (Å²) in [6.45, 7) is 10.2. The number of nitrogens with zero attached hydrogens (tertiary/aromatic N) is 2. The molecule has 1 aliphatic rings. The minimum atomic E-state index is -3.50. The van der Waals surface area contributed by atoms with E-state index in [0.29, 0.717) is 35.9 Å². The number of sulfonamides is 1. The third-order valence-corrected chi connectivity index (χ3v) is 6.84. The molecule has 0 aromatic carbocycles. The molecule has 0 amide bonds. The molecule has 6 nitrogen and oxygen atoms in total. The van der Waals surface area contributed by atoms with Crippen LogP contribution in [0.1, 0.15) is 32.2 Å². The van der Waals surface area contributed by atoms with Crippen LogP contribution in [-0.2, 0) is 16.6 Å². The maximum absolute atomic E-state index is 13.0. The quantitative estimate of drug-likeness (QED) is 0.851. The normalized spacial score (nSPS) is 19.8. The number of hydrogen-bond acceptors (Lipinski definition) is 5. The van der Waals surface area contributed by atoms with Crippen LogP contribution in [0.25, 0.3) is 0 Å². The highest BCUT2D eigenvalue weighted by Gasteiger charge is 2.37. The molecule has 1 aromatic rings. The smallest absolute Gasteiger partial charge is 0.246 e. The molecule has 0 aliphatic carbocycles. The van der Waals surface area contributed by atoms with Crippen molar-refractivity contribution < 1.29 is 8.42 Å². The maximum Gasteiger partial charge on any atom is 0.246 e. The average Bonchev–Trinajstić information content (AvgIpc) is 2.77. The molecule has 0 atom stereocenters. The predicted octanol–water partition coefficient (Wildman–Crippen LogP) is 1.34. The highest BCUT2D eigenvalue weighted by molar-refractivity contribution is 8.00. The van der Waals surface area contributed by atoms with Crippen LogP contribution < -0.4 is 5.32 Å². The van der Waals surface area contributed by atoms with E-state index in [4.69, 9.17) is 0 Å². The van der Waals surface area contributed by atoms with Gasteiger partial charge in [-0.2, -0.15) is 21.2 Å². The number of aromatic nitrogens is 2. The molecule has 2 heterocycles. The number of rotatable bonds is 5. The van der Waals surface area contributed by atoms with Gasteiger partial charge in [-0.1, -0.05) is 6.92 Å². The van der Waals surface area contributed by atoms with Crippen LogP contribution in [0.4, 0.5) is 0 Å². The third kappa shape index (κ3) is 3.61. The zero-order valence-electron chi connectivity index (χ0n) is 13.1. The molecular weight excluding hydrogens is 308 g/mol. The summed E-state index contributed by atoms with van der Waals surface area (Å²) in [5.41, 5.74) is 1.18. The Labute approximate surface area is 131 Å². The van der Waals surface area contributed by atoms with Crippen LogP contribution >= 0.6 is 11.8 Å². The summed E-state index contributed by atoms with van der Waals surface area (Å²) in [7, 11) is -3.50. The van der Waals surface area contributed by atoms with Crippen molar-refractivity contribution in [1.82, 2.24) is 19.8 Å². The van der Waals surface area contributed by atoms with Crippen LogP contribution in [0, 0.1) is 6.92 Å². The fourth-order valence-corrected chi connectivity index (χ4v) is 5.72. The number of hydrogen-bond donors (Lipinski definition) is 2. The van der Waals surface area contributed by atoms with Gasteiger partial charge in [0.15, 0.2) is 0 Å². The summed E-state index contributed by atoms with van der Waals surface area (Å²) in [6.07, 6.45) is 0. The van der Waals surface area contributed by atoms with Crippen molar-refractivity contribution in [2.45, 2.75) is 43.9 Å². The van der Waals surface area contributed by atoms with Crippen molar-refractivity contribution in [2.75, 3.05) is 25.4 Å². The Hall–Kier alpha value is -0.570. The SMILES string of the molecule is CCNCc1n[nH]c(C)c1S(=O)(=O)N1CCSC(C)(C)C1. The first-order valence-corrected chi connectivity index (χ1v) is 9.59. The summed E-state index contributed by atoms with van der Waals surface area (Å²) in [4.78, 5) is 0.339. The van der Waals surface area contributed by atoms with Gasteiger partial charge in [0.05, 0.1) is 11.4 Å². The van der Waals surface area contributed by atoms with Gasteiger partial charge in [-0.05, 0) is 27.3 Å². The highest BCUT2D eigenvalue weighted by Crippen LogP contribution is 2.33. The first-order valence-electron chi connectivity index (χ1n) is 7.16. The van der Waals surface area contributed by atoms with E-state index in [1.165, 1.54) is 0 Å². The Morgan fingerprint density at radius 2 is 2.19 bits per heavy atom. The Kier molecular flexibility index (Phi) is 5.02. The van der Waals surface area contributed by atoms with E-state index in [2.05, 4.69) is 29.4 Å². The van der Waals surface area contributed by atoms with Crippen molar-refractivity contribution in [1.29, 1.82) is 0 Å². The fourth-order valence-electron chi connectivity index (χ4n) is 2.48. The number of aromatic amines is 1. The number of nitrogens with one attached hydrogen (secondary N) is 2. The molecule has 120 valence electrons. The molecule has 0 radical (unpaired) electrons. The first-order chi connectivity index (χ1) is 9.78. The van der Waals surface area contributed by atoms with Gasteiger partial charge in [-0.25, -0.2) is 8.42 Å². The van der Waals surface area contributed by atoms with E-state index in [9.17, 15) is 8.42 Å². The van der Waals surface area contributed by atoms with E-state index in [1.807, 2.05) is 18.7 Å². The molecule has 0 unspecified atom stereocenters. The lowest BCUT2D eigenvalue weighted by Gasteiger charge is -2.36. The van der Waals surface area contributed by atoms with Gasteiger partial charge in [0.25, 0.3) is 0 Å². The van der Waals surface area contributed by atoms with Crippen molar-refractivity contribution in [2.24, 2.45) is 0 Å². The zero-order chi connectivity index (χ0) is 15.7. The Morgan fingerprint density at radius 1 is 1.48 bits per heavy atom. The lowest BCUT2D eigenvalue weighted by molar-refractivity contribution is 0.387. The lowest BCUT2D eigenvalue weighted by atomic mass is 10.2. The molecule has 1 fully saturated rings. The molecule has 21 heavy (non-hydrogen) atoms. The fraction of sp³-hybridized carbons (Fsp3) is 0.769. The Balaban J connectivity index is 2.33. The van der Waals surface area contributed by atoms with Gasteiger partial charge < -0.3 is 5.32 Å². The Morgan fingerprint density at radius 3 is 2.81 bits per heavy atom. The van der Waals surface area contributed by atoms with Crippen LogP contribution in [0.15, 0.2) is 4.90 Å². The minimum absolute atomic E-state index is 0.0508. The molecule has 1 saturated heterocycles. The van der Waals surface area contributed by atoms with E-state index >= 15 is 0 Å². The van der Waals surface area contributed by atoms with E-state index in [0.717, 1.165) is 12.3 Å². The van der Waals surface area contributed by atoms with Crippen LogP contribution in [0.5, 0.6) is 0 Å². The van der Waals surface area contributed by atoms with Gasteiger partial charge >= 0.3 is 0 Å². The lowest BCUT2D eigenvalue weighted by Crippen LogP contribution is -2.46. The van der Waals surface area contributed by atoms with E-state index < -0.39 is 10.0 Å². The van der Waals surface area contributed by atoms with Crippen LogP contribution in [0.3, 0.4) is 0 Å². The molecule has 2 N–H and O–H groups in total. The molecule has 1 aromatic heterocycles. The minimum Gasteiger partial charge on any atom is -0.311 e. The number of H-pyrrole nitrogens is 1. The second kappa shape index (κ2) is 6.28. The molecule has 1 aliphatic heterocycles. The molecule has 8 heteroatoms. The van der Waals surface area contributed by atoms with Gasteiger partial charge in [0.1, 0.15) is 4.90 Å². The summed E-state index contributed by atoms with van der Waals surface area (Å²) >= 11 is 1.82. The maximum atomic E-state index is 13.0. The number of aryl methyl sites for hydroxylation is 1. The monoisotopic (exact) mass is 332 g/mol. The van der Waals surface area contributed by atoms with Crippen molar-refractivity contribution in [3.05, 3.63) is 11.4 Å². The number of thioether (sulfide) groups is 1. The largest absolute Gasteiger partial charge is 0.311 e. The highest BCUT2D eigenvalue weighted by atomic mass is 32.2. The van der Waals surface area contributed by atoms with Crippen molar-refractivity contribution >= 4 is 21.8 Å². The van der Waals surface area contributed by atoms with Gasteiger partial charge in [0.2, 0.25) is 10.0 Å². The summed E-state index contributed by atoms with van der Waals surface area (Å²) < 4.78 is 27.5. The third-order valence-electron chi connectivity index (χ3n) is 3.49. The predicted molar refractivity (Wildman–Crippen MR) is 86.0 cm³/mol. The van der Waals surface area contributed by atoms with Gasteiger partial charge in [-0.15, -0.1) is 0 Å². The van der Waals surface area contributed by atoms with Crippen LogP contribution in [-0.4, -0.2) is 53.1 Å². The van der Waals surface area contributed by atoms with E-state index in [-0.39, 0.29) is 4.75 Å². The average molecular weight is 332 g/mol. The second-order valence-electron chi connectivity index (χ2n) is 5.85. The van der Waals surface area contributed by atoms with Crippen molar-refractivity contribution in [3.63, 3.8) is 0 Å². The van der Waals surface area contributed by atoms with Crippen LogP contribution in [0.2, 0.25) is 0 Å². The summed E-state index contributed by atoms with van der Waals surface area (Å²) in [5.74, 6) is 0.825. The molecular formula is C13H24N4O2S2. The molecule has 2 rings (SSSR count). The van der Waals surface area contributed by atoms with Crippen molar-refractivity contribution in [3.8, 4) is 0 Å². The van der Waals surface area contributed by atoms with Gasteiger partial charge in [-0.3, -0.25) is 5.10 Å². The topological polar surface area (TPSA) is 78.1 Å². The molecule has 0 spiro atoms. The standard InChI is InChI=1S/C13H24N4O2S2/c1-5-14-8-11-12(10(2)15-16-11)21(18,19)17-6-7-20-13(3,4)9-17/h14H,5-9H2,1-4H3,(H,15,16). The zero-order valence-corrected chi connectivity index (χ0v) is 14.7.